The first-order valence-corrected chi connectivity index (χ1v) is 9.23. The van der Waals surface area contributed by atoms with Gasteiger partial charge < -0.3 is 15.5 Å². The highest BCUT2D eigenvalue weighted by Crippen LogP contribution is 2.29. The third-order valence-electron chi connectivity index (χ3n) is 4.61. The van der Waals surface area contributed by atoms with Crippen LogP contribution in [0, 0.1) is 5.92 Å². The van der Waals surface area contributed by atoms with Crippen LogP contribution in [0.25, 0.3) is 0 Å². The van der Waals surface area contributed by atoms with Crippen LogP contribution < -0.4 is 10.6 Å². The number of likely N-dealkylation sites (tertiary alicyclic amines) is 1. The molecule has 0 spiro atoms. The molecule has 1 heterocycles. The van der Waals surface area contributed by atoms with Crippen molar-refractivity contribution in [3.05, 3.63) is 35.4 Å². The highest BCUT2D eigenvalue weighted by molar-refractivity contribution is 5.94. The average molecular weight is 399 g/mol. The fourth-order valence-corrected chi connectivity index (χ4v) is 2.97. The summed E-state index contributed by atoms with van der Waals surface area (Å²) in [6.07, 6.45) is -2.75. The van der Waals surface area contributed by atoms with E-state index in [-0.39, 0.29) is 35.7 Å². The lowest BCUT2D eigenvalue weighted by molar-refractivity contribution is -0.137. The minimum Gasteiger partial charge on any atom is -0.355 e. The van der Waals surface area contributed by atoms with E-state index in [4.69, 9.17) is 0 Å². The molecule has 3 amide bonds. The maximum atomic E-state index is 12.6. The van der Waals surface area contributed by atoms with Gasteiger partial charge in [-0.2, -0.15) is 13.2 Å². The zero-order valence-electron chi connectivity index (χ0n) is 15.6. The van der Waals surface area contributed by atoms with Gasteiger partial charge in [0.05, 0.1) is 12.1 Å². The van der Waals surface area contributed by atoms with Crippen LogP contribution in [0.4, 0.5) is 13.2 Å². The van der Waals surface area contributed by atoms with Crippen molar-refractivity contribution < 1.29 is 27.6 Å². The molecule has 0 saturated carbocycles. The number of nitrogens with one attached hydrogen (secondary N) is 2. The lowest BCUT2D eigenvalue weighted by Gasteiger charge is -2.31. The number of piperidine rings is 1. The van der Waals surface area contributed by atoms with E-state index in [0.29, 0.717) is 32.5 Å². The highest BCUT2D eigenvalue weighted by Gasteiger charge is 2.31. The second-order valence-electron chi connectivity index (χ2n) is 6.71. The van der Waals surface area contributed by atoms with Gasteiger partial charge in [0.25, 0.3) is 5.91 Å². The Balaban J connectivity index is 1.82. The number of benzene rings is 1. The Bertz CT molecular complexity index is 697. The molecule has 0 atom stereocenters. The molecule has 2 rings (SSSR count). The van der Waals surface area contributed by atoms with Gasteiger partial charge in [-0.15, -0.1) is 0 Å². The molecule has 0 radical (unpaired) electrons. The van der Waals surface area contributed by atoms with Gasteiger partial charge in [0, 0.05) is 31.1 Å². The molecule has 0 aliphatic carbocycles. The summed E-state index contributed by atoms with van der Waals surface area (Å²) in [5.41, 5.74) is -0.620. The molecule has 1 aromatic carbocycles. The van der Waals surface area contributed by atoms with Crippen LogP contribution in [-0.2, 0) is 15.8 Å². The number of amides is 3. The highest BCUT2D eigenvalue weighted by atomic mass is 19.4. The summed E-state index contributed by atoms with van der Waals surface area (Å²) in [6.45, 7) is 3.07. The Morgan fingerprint density at radius 3 is 2.21 bits per heavy atom. The number of carbonyl (C=O) groups is 3. The summed E-state index contributed by atoms with van der Waals surface area (Å²) in [4.78, 5) is 37.6. The predicted octanol–water partition coefficient (Wildman–Crippen LogP) is 2.20. The van der Waals surface area contributed by atoms with Crippen molar-refractivity contribution in [1.29, 1.82) is 0 Å². The number of nitrogens with zero attached hydrogens (tertiary/aromatic N) is 1. The molecular formula is C19H24F3N3O3. The topological polar surface area (TPSA) is 78.5 Å². The van der Waals surface area contributed by atoms with E-state index >= 15 is 0 Å². The fraction of sp³-hybridized carbons (Fsp3) is 0.526. The molecule has 0 unspecified atom stereocenters. The molecule has 1 saturated heterocycles. The normalized spacial score (nSPS) is 15.2. The number of alkyl halides is 3. The van der Waals surface area contributed by atoms with E-state index in [2.05, 4.69) is 10.6 Å². The van der Waals surface area contributed by atoms with Gasteiger partial charge in [-0.1, -0.05) is 6.92 Å². The third kappa shape index (κ3) is 5.97. The molecule has 1 aliphatic heterocycles. The van der Waals surface area contributed by atoms with Crippen molar-refractivity contribution in [2.24, 2.45) is 5.92 Å². The molecule has 0 aromatic heterocycles. The summed E-state index contributed by atoms with van der Waals surface area (Å²) in [7, 11) is 0. The smallest absolute Gasteiger partial charge is 0.355 e. The van der Waals surface area contributed by atoms with Crippen molar-refractivity contribution in [3.8, 4) is 0 Å². The summed E-state index contributed by atoms with van der Waals surface area (Å²) in [6, 6.07) is 4.10. The number of hydrogen-bond donors (Lipinski definition) is 2. The van der Waals surface area contributed by atoms with E-state index in [0.717, 1.165) is 18.6 Å². The van der Waals surface area contributed by atoms with E-state index in [1.807, 2.05) is 6.92 Å². The Labute approximate surface area is 161 Å². The first-order chi connectivity index (χ1) is 13.2. The van der Waals surface area contributed by atoms with Crippen LogP contribution in [0.3, 0.4) is 0 Å². The largest absolute Gasteiger partial charge is 0.416 e. The lowest BCUT2D eigenvalue weighted by atomic mass is 9.95. The van der Waals surface area contributed by atoms with Crippen LogP contribution in [-0.4, -0.2) is 48.8 Å². The molecule has 154 valence electrons. The van der Waals surface area contributed by atoms with Gasteiger partial charge in [-0.25, -0.2) is 0 Å². The summed E-state index contributed by atoms with van der Waals surface area (Å²) >= 11 is 0. The van der Waals surface area contributed by atoms with Crippen molar-refractivity contribution in [3.63, 3.8) is 0 Å². The number of rotatable bonds is 6. The Hall–Kier alpha value is -2.58. The van der Waals surface area contributed by atoms with E-state index < -0.39 is 11.7 Å². The van der Waals surface area contributed by atoms with Crippen LogP contribution in [0.1, 0.15) is 42.1 Å². The van der Waals surface area contributed by atoms with Crippen LogP contribution in [0.15, 0.2) is 24.3 Å². The van der Waals surface area contributed by atoms with E-state index in [1.54, 1.807) is 0 Å². The van der Waals surface area contributed by atoms with Gasteiger partial charge in [0.15, 0.2) is 0 Å². The van der Waals surface area contributed by atoms with Gasteiger partial charge in [0.2, 0.25) is 11.8 Å². The third-order valence-corrected chi connectivity index (χ3v) is 4.61. The monoisotopic (exact) mass is 399 g/mol. The molecular weight excluding hydrogens is 375 g/mol. The molecule has 6 nitrogen and oxygen atoms in total. The van der Waals surface area contributed by atoms with Crippen LogP contribution >= 0.6 is 0 Å². The summed E-state index contributed by atoms with van der Waals surface area (Å²) in [5, 5.41) is 5.26. The van der Waals surface area contributed by atoms with Crippen molar-refractivity contribution in [2.75, 3.05) is 26.2 Å². The number of hydrogen-bond acceptors (Lipinski definition) is 3. The van der Waals surface area contributed by atoms with Crippen molar-refractivity contribution in [1.82, 2.24) is 15.5 Å². The zero-order chi connectivity index (χ0) is 20.7. The Morgan fingerprint density at radius 2 is 1.68 bits per heavy atom. The first-order valence-electron chi connectivity index (χ1n) is 9.23. The van der Waals surface area contributed by atoms with Gasteiger partial charge in [0.1, 0.15) is 0 Å². The Kier molecular flexibility index (Phi) is 7.42. The average Bonchev–Trinajstić information content (AvgIpc) is 2.69. The standard InChI is InChI=1S/C19H24F3N3O3/c1-2-9-23-16(26)12-24-17(27)13-7-10-25(11-8-13)18(28)14-3-5-15(6-4-14)19(20,21)22/h3-6,13H,2,7-12H2,1H3,(H,23,26)(H,24,27). The Morgan fingerprint density at radius 1 is 1.07 bits per heavy atom. The number of halogens is 3. The first kappa shape index (κ1) is 21.7. The van der Waals surface area contributed by atoms with Crippen LogP contribution in [0.5, 0.6) is 0 Å². The molecule has 28 heavy (non-hydrogen) atoms. The quantitative estimate of drug-likeness (QED) is 0.770. The van der Waals surface area contributed by atoms with Gasteiger partial charge in [-0.05, 0) is 43.5 Å². The second-order valence-corrected chi connectivity index (χ2v) is 6.71. The SMILES string of the molecule is CCCNC(=O)CNC(=O)C1CCN(C(=O)c2ccc(C(F)(F)F)cc2)CC1. The van der Waals surface area contributed by atoms with Crippen molar-refractivity contribution >= 4 is 17.7 Å². The number of carbonyl (C=O) groups excluding carboxylic acids is 3. The lowest BCUT2D eigenvalue weighted by Crippen LogP contribution is -2.45. The fourth-order valence-electron chi connectivity index (χ4n) is 2.97. The van der Waals surface area contributed by atoms with Gasteiger partial charge >= 0.3 is 6.18 Å². The minimum absolute atomic E-state index is 0.0798. The predicted molar refractivity (Wildman–Crippen MR) is 96.4 cm³/mol. The van der Waals surface area contributed by atoms with E-state index in [1.165, 1.54) is 17.0 Å². The van der Waals surface area contributed by atoms with Gasteiger partial charge in [-0.3, -0.25) is 14.4 Å². The van der Waals surface area contributed by atoms with E-state index in [9.17, 15) is 27.6 Å². The van der Waals surface area contributed by atoms with Crippen LogP contribution in [0.2, 0.25) is 0 Å². The molecule has 1 fully saturated rings. The van der Waals surface area contributed by atoms with Crippen molar-refractivity contribution in [2.45, 2.75) is 32.4 Å². The summed E-state index contributed by atoms with van der Waals surface area (Å²) < 4.78 is 37.8. The molecule has 2 N–H and O–H groups in total. The maximum Gasteiger partial charge on any atom is 0.416 e. The second kappa shape index (κ2) is 9.57. The minimum atomic E-state index is -4.44. The maximum absolute atomic E-state index is 12.6. The molecule has 9 heteroatoms. The zero-order valence-corrected chi connectivity index (χ0v) is 15.6. The molecule has 1 aliphatic rings. The molecule has 0 bridgehead atoms. The molecule has 1 aromatic rings. The summed E-state index contributed by atoms with van der Waals surface area (Å²) in [5.74, 6) is -1.12.